The average molecular weight is 387 g/mol. The fourth-order valence-electron chi connectivity index (χ4n) is 3.22. The molecule has 0 N–H and O–H groups in total. The molecule has 3 rings (SSSR count). The van der Waals surface area contributed by atoms with Gasteiger partial charge in [-0.25, -0.2) is 0 Å². The third-order valence-electron chi connectivity index (χ3n) is 4.48. The number of rotatable bonds is 6. The van der Waals surface area contributed by atoms with E-state index in [1.54, 1.807) is 0 Å². The Morgan fingerprint density at radius 3 is 2.13 bits per heavy atom. The molecule has 2 aromatic carbocycles. The predicted octanol–water partition coefficient (Wildman–Crippen LogP) is 4.20. The Labute approximate surface area is 146 Å². The Morgan fingerprint density at radius 1 is 1.00 bits per heavy atom. The van der Waals surface area contributed by atoms with Crippen molar-refractivity contribution in [2.45, 2.75) is 30.5 Å². The van der Waals surface area contributed by atoms with Crippen molar-refractivity contribution in [2.24, 2.45) is 11.8 Å². The van der Waals surface area contributed by atoms with E-state index in [0.29, 0.717) is 26.7 Å². The molecule has 0 aliphatic heterocycles. The molecule has 0 aromatic heterocycles. The molecule has 1 fully saturated rings. The van der Waals surface area contributed by atoms with Crippen molar-refractivity contribution in [3.63, 3.8) is 0 Å². The zero-order valence-corrected chi connectivity index (χ0v) is 16.7. The average Bonchev–Trinajstić information content (AvgIpc) is 3.33. The van der Waals surface area contributed by atoms with Gasteiger partial charge in [-0.15, -0.1) is 0 Å². The van der Waals surface area contributed by atoms with Gasteiger partial charge in [-0.05, 0) is 0 Å². The number of hydrogen-bond donors (Lipinski definition) is 0. The third kappa shape index (κ3) is 4.03. The molecule has 120 valence electrons. The Bertz CT molecular complexity index is 663. The van der Waals surface area contributed by atoms with Crippen LogP contribution >= 0.6 is 0 Å². The molecule has 0 unspecified atom stereocenters. The van der Waals surface area contributed by atoms with E-state index < -0.39 is 8.07 Å². The van der Waals surface area contributed by atoms with Crippen molar-refractivity contribution in [3.05, 3.63) is 66.2 Å². The van der Waals surface area contributed by atoms with Crippen LogP contribution in [0.15, 0.2) is 60.7 Å². The van der Waals surface area contributed by atoms with Crippen LogP contribution in [0.4, 0.5) is 0 Å². The van der Waals surface area contributed by atoms with Crippen LogP contribution in [0.2, 0.25) is 24.1 Å². The van der Waals surface area contributed by atoms with E-state index in [1.165, 1.54) is 4.46 Å². The van der Waals surface area contributed by atoms with Crippen molar-refractivity contribution in [1.29, 1.82) is 0 Å². The molecular weight excluding hydrogens is 363 g/mol. The summed E-state index contributed by atoms with van der Waals surface area (Å²) in [5.41, 5.74) is 0.890. The van der Waals surface area contributed by atoms with Crippen molar-refractivity contribution in [2.75, 3.05) is 0 Å². The molecule has 1 nitrogen and oxygen atoms in total. The van der Waals surface area contributed by atoms with Crippen LogP contribution in [0.1, 0.15) is 16.8 Å². The SMILES string of the molecule is C[Si](C)(C)[C@@H]([Se]c1ccccc1)[C@H]1C[C@@H]1C(=O)c1ccccc1. The Morgan fingerprint density at radius 2 is 1.57 bits per heavy atom. The maximum absolute atomic E-state index is 12.7. The molecule has 0 radical (unpaired) electrons. The number of carbonyl (C=O) groups excluding carboxylic acids is 1. The minimum atomic E-state index is -1.28. The fraction of sp³-hybridized carbons (Fsp3) is 0.350. The summed E-state index contributed by atoms with van der Waals surface area (Å²) in [7, 11) is -1.28. The van der Waals surface area contributed by atoms with Gasteiger partial charge < -0.3 is 0 Å². The summed E-state index contributed by atoms with van der Waals surface area (Å²) >= 11 is 0.474. The van der Waals surface area contributed by atoms with E-state index in [2.05, 4.69) is 50.0 Å². The van der Waals surface area contributed by atoms with Crippen LogP contribution in [-0.2, 0) is 0 Å². The summed E-state index contributed by atoms with van der Waals surface area (Å²) in [6.45, 7) is 7.39. The quantitative estimate of drug-likeness (QED) is 0.536. The Kier molecular flexibility index (Phi) is 4.91. The molecule has 23 heavy (non-hydrogen) atoms. The molecule has 1 aliphatic rings. The summed E-state index contributed by atoms with van der Waals surface area (Å²) in [6.07, 6.45) is 1.09. The summed E-state index contributed by atoms with van der Waals surface area (Å²) in [5, 5.41) is 0. The maximum atomic E-state index is 12.7. The molecule has 0 amide bonds. The van der Waals surface area contributed by atoms with Crippen LogP contribution in [-0.4, -0.2) is 28.8 Å². The molecule has 1 aliphatic carbocycles. The van der Waals surface area contributed by atoms with Gasteiger partial charge in [0.15, 0.2) is 0 Å². The fourth-order valence-corrected chi connectivity index (χ4v) is 10.4. The standard InChI is InChI=1S/C20H24OSeSi/c1-23(2,3)20(22-16-12-8-5-9-13-16)18-14-17(18)19(21)15-10-6-4-7-11-15/h4-13,17-18,20H,14H2,1-3H3/t17-,18-,20+/m0/s1. The summed E-state index contributed by atoms with van der Waals surface area (Å²) in [5.74, 6) is 1.23. The number of benzene rings is 2. The molecule has 0 saturated heterocycles. The molecule has 3 atom stereocenters. The monoisotopic (exact) mass is 388 g/mol. The van der Waals surface area contributed by atoms with Crippen LogP contribution in [0.5, 0.6) is 0 Å². The molecule has 0 spiro atoms. The van der Waals surface area contributed by atoms with Crippen LogP contribution in [0.25, 0.3) is 0 Å². The first-order chi connectivity index (χ1) is 11.0. The van der Waals surface area contributed by atoms with Gasteiger partial charge in [-0.1, -0.05) is 0 Å². The topological polar surface area (TPSA) is 17.1 Å². The minimum absolute atomic E-state index is 0.264. The van der Waals surface area contributed by atoms with E-state index in [1.807, 2.05) is 30.3 Å². The van der Waals surface area contributed by atoms with E-state index in [4.69, 9.17) is 0 Å². The van der Waals surface area contributed by atoms with Crippen LogP contribution in [0, 0.1) is 11.8 Å². The van der Waals surface area contributed by atoms with E-state index >= 15 is 0 Å². The third-order valence-corrected chi connectivity index (χ3v) is 14.1. The molecule has 0 bridgehead atoms. The van der Waals surface area contributed by atoms with Gasteiger partial charge in [-0.2, -0.15) is 0 Å². The van der Waals surface area contributed by atoms with Crippen LogP contribution < -0.4 is 4.46 Å². The van der Waals surface area contributed by atoms with Gasteiger partial charge in [0.05, 0.1) is 0 Å². The second-order valence-corrected chi connectivity index (χ2v) is 16.3. The van der Waals surface area contributed by atoms with Crippen molar-refractivity contribution in [3.8, 4) is 0 Å². The zero-order valence-electron chi connectivity index (χ0n) is 14.0. The van der Waals surface area contributed by atoms with Gasteiger partial charge in [0.25, 0.3) is 0 Å². The molecule has 2 aromatic rings. The second kappa shape index (κ2) is 6.76. The first-order valence-electron chi connectivity index (χ1n) is 8.28. The normalized spacial score (nSPS) is 21.7. The summed E-state index contributed by atoms with van der Waals surface area (Å²) in [4.78, 5) is 12.7. The summed E-state index contributed by atoms with van der Waals surface area (Å²) < 4.78 is 2.22. The van der Waals surface area contributed by atoms with Gasteiger partial charge in [0.1, 0.15) is 0 Å². The first kappa shape index (κ1) is 16.7. The van der Waals surface area contributed by atoms with Gasteiger partial charge in [0.2, 0.25) is 0 Å². The van der Waals surface area contributed by atoms with E-state index in [0.717, 1.165) is 16.4 Å². The van der Waals surface area contributed by atoms with Gasteiger partial charge in [-0.3, -0.25) is 0 Å². The second-order valence-electron chi connectivity index (χ2n) is 7.45. The molecular formula is C20H24OSeSi. The van der Waals surface area contributed by atoms with Crippen molar-refractivity contribution in [1.82, 2.24) is 0 Å². The molecule has 0 heterocycles. The zero-order chi connectivity index (χ0) is 16.4. The van der Waals surface area contributed by atoms with E-state index in [9.17, 15) is 4.79 Å². The Balaban J connectivity index is 1.74. The van der Waals surface area contributed by atoms with Crippen molar-refractivity contribution < 1.29 is 4.79 Å². The van der Waals surface area contributed by atoms with Crippen molar-refractivity contribution >= 4 is 33.3 Å². The number of Topliss-reactive ketones (excluding diaryl/α,β-unsaturated/α-hetero) is 1. The number of hydrogen-bond acceptors (Lipinski definition) is 1. The van der Waals surface area contributed by atoms with Crippen LogP contribution in [0.3, 0.4) is 0 Å². The summed E-state index contributed by atoms with van der Waals surface area (Å²) in [6, 6.07) is 20.7. The molecule has 3 heteroatoms. The van der Waals surface area contributed by atoms with Gasteiger partial charge in [0, 0.05) is 0 Å². The number of ketones is 1. The first-order valence-corrected chi connectivity index (χ1v) is 13.7. The predicted molar refractivity (Wildman–Crippen MR) is 101 cm³/mol. The van der Waals surface area contributed by atoms with Gasteiger partial charge >= 0.3 is 147 Å². The Hall–Kier alpha value is -1.15. The molecule has 1 saturated carbocycles. The van der Waals surface area contributed by atoms with E-state index in [-0.39, 0.29) is 5.92 Å². The number of carbonyl (C=O) groups is 1.